The van der Waals surface area contributed by atoms with Crippen molar-refractivity contribution in [1.82, 2.24) is 10.3 Å². The third-order valence-corrected chi connectivity index (χ3v) is 10.1. The second kappa shape index (κ2) is 13.0. The van der Waals surface area contributed by atoms with Gasteiger partial charge in [0.2, 0.25) is 11.8 Å². The first-order valence-corrected chi connectivity index (χ1v) is 16.5. The lowest BCUT2D eigenvalue weighted by atomic mass is 9.78. The molecule has 1 aromatic heterocycles. The Balaban J connectivity index is 1.46. The zero-order valence-corrected chi connectivity index (χ0v) is 28.5. The van der Waals surface area contributed by atoms with Crippen molar-refractivity contribution < 1.29 is 36.9 Å². The number of halogens is 4. The first-order valence-electron chi connectivity index (χ1n) is 16.1. The van der Waals surface area contributed by atoms with Gasteiger partial charge in [0.15, 0.2) is 0 Å². The molecule has 0 spiro atoms. The summed E-state index contributed by atoms with van der Waals surface area (Å²) in [6.07, 6.45) is 0.0954. The van der Waals surface area contributed by atoms with Crippen molar-refractivity contribution >= 4 is 53.4 Å². The van der Waals surface area contributed by atoms with Gasteiger partial charge in [-0.2, -0.15) is 5.26 Å². The van der Waals surface area contributed by atoms with E-state index in [1.165, 1.54) is 42.6 Å². The van der Waals surface area contributed by atoms with E-state index in [-0.39, 0.29) is 46.0 Å². The van der Waals surface area contributed by atoms with E-state index in [9.17, 15) is 28.4 Å². The van der Waals surface area contributed by atoms with Crippen LogP contribution in [-0.2, 0) is 23.7 Å². The summed E-state index contributed by atoms with van der Waals surface area (Å²) >= 11 is 6.62. The summed E-state index contributed by atoms with van der Waals surface area (Å²) in [7, 11) is -1.08. The quantitative estimate of drug-likeness (QED) is 0.318. The number of nitrogens with one attached hydrogen (secondary N) is 1. The van der Waals surface area contributed by atoms with Gasteiger partial charge in [-0.25, -0.2) is 18.2 Å². The Kier molecular flexibility index (Phi) is 9.22. The molecule has 3 fully saturated rings. The van der Waals surface area contributed by atoms with E-state index in [1.54, 1.807) is 12.1 Å². The molecule has 3 heterocycles. The minimum absolute atomic E-state index is 0.00677. The minimum Gasteiger partial charge on any atom is -0.399 e. The van der Waals surface area contributed by atoms with Crippen molar-refractivity contribution in [3.63, 3.8) is 0 Å². The van der Waals surface area contributed by atoms with Gasteiger partial charge in [0.1, 0.15) is 23.7 Å². The van der Waals surface area contributed by atoms with E-state index in [4.69, 9.17) is 20.9 Å². The van der Waals surface area contributed by atoms with Crippen molar-refractivity contribution in [1.29, 1.82) is 5.26 Å². The highest BCUT2D eigenvalue weighted by Crippen LogP contribution is 2.41. The first kappa shape index (κ1) is 35.4. The Labute approximate surface area is 292 Å². The van der Waals surface area contributed by atoms with Crippen LogP contribution in [0.3, 0.4) is 0 Å². The van der Waals surface area contributed by atoms with Crippen LogP contribution in [0.15, 0.2) is 60.8 Å². The van der Waals surface area contributed by atoms with E-state index in [2.05, 4.69) is 10.3 Å². The molecule has 10 nitrogen and oxygen atoms in total. The summed E-state index contributed by atoms with van der Waals surface area (Å²) in [6, 6.07) is 11.2. The maximum absolute atomic E-state index is 16.2. The lowest BCUT2D eigenvalue weighted by Crippen LogP contribution is -2.56. The summed E-state index contributed by atoms with van der Waals surface area (Å²) in [6.45, 7) is 7.28. The van der Waals surface area contributed by atoms with Crippen molar-refractivity contribution in [3.8, 4) is 6.07 Å². The summed E-state index contributed by atoms with van der Waals surface area (Å²) in [5.41, 5.74) is -1.24. The minimum atomic E-state index is -2.95. The smallest absolute Gasteiger partial charge is 0.399 e. The molecular formula is C35H34BClF3N5O5. The second-order valence-corrected chi connectivity index (χ2v) is 14.1. The number of pyridine rings is 1. The largest absolute Gasteiger partial charge is 0.497 e. The molecule has 0 radical (unpaired) electrons. The number of alkyl halides is 2. The van der Waals surface area contributed by atoms with Crippen LogP contribution < -0.4 is 20.6 Å². The Bertz CT molecular complexity index is 1880. The molecule has 1 aliphatic carbocycles. The van der Waals surface area contributed by atoms with Crippen molar-refractivity contribution in [2.75, 3.05) is 9.80 Å². The van der Waals surface area contributed by atoms with Crippen LogP contribution in [0.25, 0.3) is 0 Å². The number of nitrogens with zero attached hydrogens (tertiary/aromatic N) is 4. The molecule has 3 aliphatic rings. The molecule has 15 heteroatoms. The lowest BCUT2D eigenvalue weighted by Gasteiger charge is -2.39. The number of hydrogen-bond donors (Lipinski definition) is 1. The van der Waals surface area contributed by atoms with Crippen LogP contribution in [0.2, 0.25) is 5.02 Å². The second-order valence-electron chi connectivity index (χ2n) is 13.7. The van der Waals surface area contributed by atoms with Gasteiger partial charge in [-0.15, -0.1) is 0 Å². The SMILES string of the molecule is CC1(C)OB(c2ccc(N(C(=O)[C@@H]3CCC(=O)N3c3cc(C#N)ccn3)[C@H](C(=O)NC3CC(F)(F)C3)c3ccccc3Cl)cc2F)OC1(C)C. The molecule has 260 valence electrons. The van der Waals surface area contributed by atoms with Gasteiger partial charge in [0, 0.05) is 53.2 Å². The summed E-state index contributed by atoms with van der Waals surface area (Å²) in [5, 5.41) is 12.2. The Hall–Kier alpha value is -4.45. The van der Waals surface area contributed by atoms with Crippen LogP contribution in [-0.4, -0.2) is 59.0 Å². The third-order valence-electron chi connectivity index (χ3n) is 9.77. The fraction of sp³-hybridized carbons (Fsp3) is 0.400. The molecule has 2 aliphatic heterocycles. The van der Waals surface area contributed by atoms with E-state index in [0.717, 1.165) is 15.9 Å². The fourth-order valence-corrected chi connectivity index (χ4v) is 6.59. The third kappa shape index (κ3) is 6.57. The number of carbonyl (C=O) groups is 3. The Morgan fingerprint density at radius 3 is 2.40 bits per heavy atom. The zero-order chi connectivity index (χ0) is 36.2. The monoisotopic (exact) mass is 707 g/mol. The van der Waals surface area contributed by atoms with Gasteiger partial charge in [0.25, 0.3) is 11.8 Å². The van der Waals surface area contributed by atoms with Crippen LogP contribution in [0, 0.1) is 17.1 Å². The van der Waals surface area contributed by atoms with Crippen molar-refractivity contribution in [2.45, 2.75) is 88.6 Å². The van der Waals surface area contributed by atoms with Crippen molar-refractivity contribution in [3.05, 3.63) is 82.8 Å². The number of nitriles is 1. The topological polar surface area (TPSA) is 125 Å². The number of rotatable bonds is 8. The van der Waals surface area contributed by atoms with E-state index >= 15 is 4.39 Å². The predicted molar refractivity (Wildman–Crippen MR) is 179 cm³/mol. The van der Waals surface area contributed by atoms with E-state index in [0.29, 0.717) is 0 Å². The van der Waals surface area contributed by atoms with Crippen LogP contribution in [0.4, 0.5) is 24.7 Å². The number of amides is 3. The molecule has 6 rings (SSSR count). The van der Waals surface area contributed by atoms with Gasteiger partial charge in [-0.1, -0.05) is 35.9 Å². The molecular weight excluding hydrogens is 674 g/mol. The molecule has 1 saturated carbocycles. The fourth-order valence-electron chi connectivity index (χ4n) is 6.35. The van der Waals surface area contributed by atoms with Gasteiger partial charge >= 0.3 is 7.12 Å². The van der Waals surface area contributed by atoms with E-state index < -0.39 is 78.7 Å². The van der Waals surface area contributed by atoms with E-state index in [1.807, 2.05) is 33.8 Å². The highest BCUT2D eigenvalue weighted by Gasteiger charge is 2.53. The van der Waals surface area contributed by atoms with Gasteiger partial charge < -0.3 is 14.6 Å². The van der Waals surface area contributed by atoms with Crippen LogP contribution in [0.1, 0.15) is 70.5 Å². The number of hydrogen-bond acceptors (Lipinski definition) is 7. The lowest BCUT2D eigenvalue weighted by molar-refractivity contribution is -0.133. The average Bonchev–Trinajstić information content (AvgIpc) is 3.53. The predicted octanol–water partition coefficient (Wildman–Crippen LogP) is 5.23. The van der Waals surface area contributed by atoms with Gasteiger partial charge in [-0.05, 0) is 64.4 Å². The highest BCUT2D eigenvalue weighted by atomic mass is 35.5. The van der Waals surface area contributed by atoms with Gasteiger partial charge in [0.05, 0.1) is 22.8 Å². The zero-order valence-electron chi connectivity index (χ0n) is 27.8. The van der Waals surface area contributed by atoms with Gasteiger partial charge in [-0.3, -0.25) is 24.2 Å². The van der Waals surface area contributed by atoms with Crippen LogP contribution >= 0.6 is 11.6 Å². The molecule has 3 amide bonds. The molecule has 2 saturated heterocycles. The Morgan fingerprint density at radius 1 is 1.10 bits per heavy atom. The molecule has 0 unspecified atom stereocenters. The van der Waals surface area contributed by atoms with Crippen molar-refractivity contribution in [2.24, 2.45) is 0 Å². The molecule has 1 N–H and O–H groups in total. The molecule has 2 atom stereocenters. The standard InChI is InChI=1S/C35H34BClF3N5O5/c1-33(2)34(3,4)50-36(49-33)24-10-9-22(16-26(24)38)44(32(48)27-11-12-29(46)45(27)28-15-20(19-41)13-14-42-28)30(23-7-5-6-8-25(23)37)31(47)43-21-17-35(39,40)18-21/h5-10,13-16,21,27,30H,11-12,17-18H2,1-4H3,(H,43,47)/t27-,30-/m0/s1. The maximum Gasteiger partial charge on any atom is 0.497 e. The number of aromatic nitrogens is 1. The maximum atomic E-state index is 16.2. The normalized spacial score (nSPS) is 21.3. The summed E-state index contributed by atoms with van der Waals surface area (Å²) in [4.78, 5) is 48.7. The van der Waals surface area contributed by atoms with Crippen LogP contribution in [0.5, 0.6) is 0 Å². The molecule has 0 bridgehead atoms. The summed E-state index contributed by atoms with van der Waals surface area (Å²) in [5.74, 6) is -5.79. The molecule has 50 heavy (non-hydrogen) atoms. The number of carbonyl (C=O) groups excluding carboxylic acids is 3. The molecule has 2 aromatic carbocycles. The summed E-state index contributed by atoms with van der Waals surface area (Å²) < 4.78 is 55.9. The first-order chi connectivity index (χ1) is 23.5. The number of anilines is 2. The number of benzene rings is 2. The Morgan fingerprint density at radius 2 is 1.78 bits per heavy atom. The highest BCUT2D eigenvalue weighted by molar-refractivity contribution is 6.62. The average molecular weight is 708 g/mol. The molecule has 3 aromatic rings.